The van der Waals surface area contributed by atoms with Crippen molar-refractivity contribution in [1.29, 1.82) is 0 Å². The SMILES string of the molecule is O=C1NC(=O)C2=C1COC2. The van der Waals surface area contributed by atoms with Crippen LogP contribution in [0.15, 0.2) is 11.1 Å². The molecule has 0 spiro atoms. The molecule has 0 bridgehead atoms. The fourth-order valence-corrected chi connectivity index (χ4v) is 1.09. The van der Waals surface area contributed by atoms with E-state index >= 15 is 0 Å². The molecule has 10 heavy (non-hydrogen) atoms. The van der Waals surface area contributed by atoms with Crippen LogP contribution in [0.3, 0.4) is 0 Å². The van der Waals surface area contributed by atoms with Gasteiger partial charge in [0.15, 0.2) is 0 Å². The molecule has 0 aromatic carbocycles. The quantitative estimate of drug-likeness (QED) is 0.436. The normalized spacial score (nSPS) is 23.6. The molecule has 0 aromatic rings. The van der Waals surface area contributed by atoms with Gasteiger partial charge >= 0.3 is 0 Å². The van der Waals surface area contributed by atoms with Gasteiger partial charge in [0.05, 0.1) is 24.4 Å². The van der Waals surface area contributed by atoms with Crippen molar-refractivity contribution >= 4 is 11.8 Å². The molecule has 0 saturated heterocycles. The Hall–Kier alpha value is -1.16. The standard InChI is InChI=1S/C6H5NO3/c8-5-3-1-10-2-4(3)6(9)7-5/h1-2H2,(H,7,8,9). The van der Waals surface area contributed by atoms with Crippen LogP contribution in [0.4, 0.5) is 0 Å². The first-order valence-corrected chi connectivity index (χ1v) is 2.94. The van der Waals surface area contributed by atoms with Gasteiger partial charge in [0.1, 0.15) is 0 Å². The molecule has 2 rings (SSSR count). The highest BCUT2D eigenvalue weighted by Gasteiger charge is 2.33. The van der Waals surface area contributed by atoms with Crippen molar-refractivity contribution in [3.8, 4) is 0 Å². The third-order valence-corrected chi connectivity index (χ3v) is 1.63. The minimum atomic E-state index is -0.294. The van der Waals surface area contributed by atoms with Gasteiger partial charge in [0.25, 0.3) is 11.8 Å². The van der Waals surface area contributed by atoms with Gasteiger partial charge in [-0.3, -0.25) is 14.9 Å². The Kier molecular flexibility index (Phi) is 0.935. The second kappa shape index (κ2) is 1.67. The summed E-state index contributed by atoms with van der Waals surface area (Å²) in [4.78, 5) is 21.6. The van der Waals surface area contributed by atoms with Crippen LogP contribution in [0, 0.1) is 0 Å². The van der Waals surface area contributed by atoms with Crippen LogP contribution in [0.25, 0.3) is 0 Å². The summed E-state index contributed by atoms with van der Waals surface area (Å²) < 4.78 is 4.90. The Morgan fingerprint density at radius 2 is 1.60 bits per heavy atom. The average Bonchev–Trinajstić information content (AvgIpc) is 2.39. The Labute approximate surface area is 56.8 Å². The Morgan fingerprint density at radius 3 is 2.10 bits per heavy atom. The van der Waals surface area contributed by atoms with Gasteiger partial charge in [0.2, 0.25) is 0 Å². The molecule has 4 heteroatoms. The van der Waals surface area contributed by atoms with Gasteiger partial charge in [-0.1, -0.05) is 0 Å². The van der Waals surface area contributed by atoms with Crippen LogP contribution in [0.1, 0.15) is 0 Å². The second-order valence-corrected chi connectivity index (χ2v) is 2.23. The van der Waals surface area contributed by atoms with Crippen molar-refractivity contribution in [3.63, 3.8) is 0 Å². The van der Waals surface area contributed by atoms with Gasteiger partial charge < -0.3 is 4.74 Å². The average molecular weight is 139 g/mol. The number of hydrogen-bond acceptors (Lipinski definition) is 3. The summed E-state index contributed by atoms with van der Waals surface area (Å²) in [6.45, 7) is 0.569. The highest BCUT2D eigenvalue weighted by Crippen LogP contribution is 2.18. The van der Waals surface area contributed by atoms with E-state index in [1.807, 2.05) is 0 Å². The molecule has 0 aliphatic carbocycles. The number of ether oxygens (including phenoxy) is 1. The second-order valence-electron chi connectivity index (χ2n) is 2.23. The van der Waals surface area contributed by atoms with Crippen LogP contribution in [-0.2, 0) is 14.3 Å². The van der Waals surface area contributed by atoms with Crippen LogP contribution < -0.4 is 5.32 Å². The smallest absolute Gasteiger partial charge is 0.256 e. The molecule has 0 fully saturated rings. The van der Waals surface area contributed by atoms with Crippen molar-refractivity contribution in [2.75, 3.05) is 13.2 Å². The van der Waals surface area contributed by atoms with E-state index in [1.165, 1.54) is 0 Å². The van der Waals surface area contributed by atoms with E-state index in [0.29, 0.717) is 11.1 Å². The molecule has 2 aliphatic rings. The predicted octanol–water partition coefficient (Wildman–Crippen LogP) is -1.03. The van der Waals surface area contributed by atoms with E-state index in [0.717, 1.165) is 0 Å². The first kappa shape index (κ1) is 5.61. The lowest BCUT2D eigenvalue weighted by atomic mass is 10.2. The molecule has 2 aliphatic heterocycles. The lowest BCUT2D eigenvalue weighted by Crippen LogP contribution is -2.25. The van der Waals surface area contributed by atoms with E-state index in [4.69, 9.17) is 4.74 Å². The van der Waals surface area contributed by atoms with E-state index in [2.05, 4.69) is 5.32 Å². The number of amides is 2. The number of nitrogens with one attached hydrogen (secondary N) is 1. The highest BCUT2D eigenvalue weighted by atomic mass is 16.5. The van der Waals surface area contributed by atoms with E-state index in [-0.39, 0.29) is 25.0 Å². The number of carbonyl (C=O) groups excluding carboxylic acids is 2. The van der Waals surface area contributed by atoms with E-state index < -0.39 is 0 Å². The Bertz CT molecular complexity index is 230. The molecule has 2 heterocycles. The topological polar surface area (TPSA) is 55.4 Å². The van der Waals surface area contributed by atoms with Crippen LogP contribution in [0.5, 0.6) is 0 Å². The van der Waals surface area contributed by atoms with Crippen molar-refractivity contribution in [2.45, 2.75) is 0 Å². The monoisotopic (exact) mass is 139 g/mol. The number of imide groups is 1. The van der Waals surface area contributed by atoms with Crippen molar-refractivity contribution in [2.24, 2.45) is 0 Å². The third kappa shape index (κ3) is 0.537. The van der Waals surface area contributed by atoms with Crippen molar-refractivity contribution < 1.29 is 14.3 Å². The zero-order valence-electron chi connectivity index (χ0n) is 5.14. The number of carbonyl (C=O) groups is 2. The summed E-state index contributed by atoms with van der Waals surface area (Å²) in [7, 11) is 0. The summed E-state index contributed by atoms with van der Waals surface area (Å²) in [6, 6.07) is 0. The Balaban J connectivity index is 2.45. The molecule has 2 amide bonds. The molecule has 0 unspecified atom stereocenters. The first-order valence-electron chi connectivity index (χ1n) is 2.94. The van der Waals surface area contributed by atoms with Gasteiger partial charge in [-0.05, 0) is 0 Å². The fourth-order valence-electron chi connectivity index (χ4n) is 1.09. The van der Waals surface area contributed by atoms with Gasteiger partial charge in [-0.25, -0.2) is 0 Å². The fraction of sp³-hybridized carbons (Fsp3) is 0.333. The summed E-state index contributed by atoms with van der Waals surface area (Å²) in [5, 5.41) is 2.19. The Morgan fingerprint density at radius 1 is 1.10 bits per heavy atom. The number of hydrogen-bond donors (Lipinski definition) is 1. The summed E-state index contributed by atoms with van der Waals surface area (Å²) in [5.74, 6) is -0.588. The van der Waals surface area contributed by atoms with Crippen molar-refractivity contribution in [1.82, 2.24) is 5.32 Å². The summed E-state index contributed by atoms with van der Waals surface area (Å²) in [5.41, 5.74) is 1.01. The summed E-state index contributed by atoms with van der Waals surface area (Å²) >= 11 is 0. The van der Waals surface area contributed by atoms with Crippen LogP contribution in [-0.4, -0.2) is 25.0 Å². The molecule has 0 aromatic heterocycles. The van der Waals surface area contributed by atoms with Crippen LogP contribution in [0.2, 0.25) is 0 Å². The van der Waals surface area contributed by atoms with E-state index in [9.17, 15) is 9.59 Å². The molecule has 0 saturated carbocycles. The van der Waals surface area contributed by atoms with Crippen LogP contribution >= 0.6 is 0 Å². The molecular formula is C6H5NO3. The lowest BCUT2D eigenvalue weighted by molar-refractivity contribution is -0.125. The minimum Gasteiger partial charge on any atom is -0.372 e. The molecule has 52 valence electrons. The van der Waals surface area contributed by atoms with Gasteiger partial charge in [0, 0.05) is 0 Å². The zero-order valence-corrected chi connectivity index (χ0v) is 5.14. The largest absolute Gasteiger partial charge is 0.372 e. The third-order valence-electron chi connectivity index (χ3n) is 1.63. The molecule has 0 atom stereocenters. The summed E-state index contributed by atoms with van der Waals surface area (Å²) in [6.07, 6.45) is 0. The molecule has 1 N–H and O–H groups in total. The maximum Gasteiger partial charge on any atom is 0.256 e. The molecule has 0 radical (unpaired) electrons. The highest BCUT2D eigenvalue weighted by molar-refractivity contribution is 6.20. The van der Waals surface area contributed by atoms with Crippen molar-refractivity contribution in [3.05, 3.63) is 11.1 Å². The first-order chi connectivity index (χ1) is 4.79. The maximum atomic E-state index is 10.8. The minimum absolute atomic E-state index is 0.285. The lowest BCUT2D eigenvalue weighted by Gasteiger charge is -1.95. The van der Waals surface area contributed by atoms with Gasteiger partial charge in [-0.2, -0.15) is 0 Å². The zero-order chi connectivity index (χ0) is 7.14. The molecule has 4 nitrogen and oxygen atoms in total. The van der Waals surface area contributed by atoms with E-state index in [1.54, 1.807) is 0 Å². The van der Waals surface area contributed by atoms with Gasteiger partial charge in [-0.15, -0.1) is 0 Å². The molecular weight excluding hydrogens is 134 g/mol. The number of rotatable bonds is 0. The predicted molar refractivity (Wildman–Crippen MR) is 31.0 cm³/mol. The maximum absolute atomic E-state index is 10.8.